The molecule has 1 fully saturated rings. The van der Waals surface area contributed by atoms with Gasteiger partial charge in [0.2, 0.25) is 0 Å². The Morgan fingerprint density at radius 1 is 1.00 bits per heavy atom. The number of rotatable bonds is 6. The zero-order valence-corrected chi connectivity index (χ0v) is 18.3. The van der Waals surface area contributed by atoms with Gasteiger partial charge in [-0.05, 0) is 42.5 Å². The third-order valence-corrected chi connectivity index (χ3v) is 5.68. The molecule has 1 saturated heterocycles. The lowest BCUT2D eigenvalue weighted by Crippen LogP contribution is -2.48. The maximum atomic E-state index is 13.9. The Morgan fingerprint density at radius 2 is 1.74 bits per heavy atom. The van der Waals surface area contributed by atoms with Crippen molar-refractivity contribution in [3.05, 3.63) is 87.8 Å². The van der Waals surface area contributed by atoms with Gasteiger partial charge in [-0.25, -0.2) is 8.78 Å². The lowest BCUT2D eigenvalue weighted by atomic mass is 10.1. The van der Waals surface area contributed by atoms with Crippen molar-refractivity contribution in [2.24, 2.45) is 0 Å². The van der Waals surface area contributed by atoms with E-state index >= 15 is 0 Å². The highest BCUT2D eigenvalue weighted by Crippen LogP contribution is 2.20. The monoisotopic (exact) mass is 490 g/mol. The number of piperazine rings is 1. The molecule has 0 unspecified atom stereocenters. The van der Waals surface area contributed by atoms with E-state index in [0.717, 1.165) is 10.5 Å². The molecular formula is C23H21BrF2N2O3. The van der Waals surface area contributed by atoms with E-state index in [1.54, 1.807) is 23.1 Å². The number of amides is 1. The molecular weight excluding hydrogens is 470 g/mol. The zero-order chi connectivity index (χ0) is 21.8. The number of nitrogens with zero attached hydrogens (tertiary/aromatic N) is 2. The van der Waals surface area contributed by atoms with Crippen LogP contribution in [0.4, 0.5) is 8.78 Å². The fourth-order valence-electron chi connectivity index (χ4n) is 3.43. The molecule has 0 radical (unpaired) electrons. The Balaban J connectivity index is 1.28. The molecule has 0 saturated carbocycles. The zero-order valence-electron chi connectivity index (χ0n) is 16.7. The summed E-state index contributed by atoms with van der Waals surface area (Å²) in [6.45, 7) is 2.65. The van der Waals surface area contributed by atoms with E-state index in [1.807, 2.05) is 29.2 Å². The average Bonchev–Trinajstić information content (AvgIpc) is 3.26. The summed E-state index contributed by atoms with van der Waals surface area (Å²) in [4.78, 5) is 16.5. The lowest BCUT2D eigenvalue weighted by Gasteiger charge is -2.34. The van der Waals surface area contributed by atoms with Crippen molar-refractivity contribution in [3.63, 3.8) is 0 Å². The van der Waals surface area contributed by atoms with Crippen LogP contribution in [0.2, 0.25) is 0 Å². The summed E-state index contributed by atoms with van der Waals surface area (Å²) in [7, 11) is 0. The number of benzene rings is 2. The fourth-order valence-corrected chi connectivity index (χ4v) is 3.70. The number of hydrogen-bond donors (Lipinski definition) is 0. The summed E-state index contributed by atoms with van der Waals surface area (Å²) in [5.41, 5.74) is 0.321. The second-order valence-electron chi connectivity index (χ2n) is 7.29. The summed E-state index contributed by atoms with van der Waals surface area (Å²) >= 11 is 3.37. The van der Waals surface area contributed by atoms with Crippen molar-refractivity contribution >= 4 is 21.8 Å². The number of carbonyl (C=O) groups excluding carboxylic acids is 1. The summed E-state index contributed by atoms with van der Waals surface area (Å²) < 4.78 is 39.6. The normalized spacial score (nSPS) is 14.6. The van der Waals surface area contributed by atoms with Crippen LogP contribution in [-0.4, -0.2) is 41.9 Å². The Morgan fingerprint density at radius 3 is 2.48 bits per heavy atom. The van der Waals surface area contributed by atoms with Crippen LogP contribution >= 0.6 is 15.9 Å². The maximum Gasteiger partial charge on any atom is 0.289 e. The Labute approximate surface area is 187 Å². The van der Waals surface area contributed by atoms with E-state index in [1.165, 1.54) is 6.07 Å². The number of carbonyl (C=O) groups is 1. The molecule has 4 rings (SSSR count). The van der Waals surface area contributed by atoms with Crippen LogP contribution in [0.5, 0.6) is 5.75 Å². The maximum absolute atomic E-state index is 13.9. The number of halogens is 3. The van der Waals surface area contributed by atoms with Crippen molar-refractivity contribution < 1.29 is 22.7 Å². The van der Waals surface area contributed by atoms with Gasteiger partial charge in [0, 0.05) is 42.8 Å². The third-order valence-electron chi connectivity index (χ3n) is 5.15. The van der Waals surface area contributed by atoms with E-state index in [4.69, 9.17) is 9.15 Å². The second kappa shape index (κ2) is 9.62. The molecule has 3 aromatic rings. The third kappa shape index (κ3) is 5.32. The highest BCUT2D eigenvalue weighted by atomic mass is 79.9. The predicted octanol–water partition coefficient (Wildman–Crippen LogP) is 4.86. The first-order valence-corrected chi connectivity index (χ1v) is 10.7. The summed E-state index contributed by atoms with van der Waals surface area (Å²) in [5.74, 6) is -0.311. The quantitative estimate of drug-likeness (QED) is 0.495. The van der Waals surface area contributed by atoms with E-state index in [9.17, 15) is 13.6 Å². The molecule has 8 heteroatoms. The first-order valence-electron chi connectivity index (χ1n) is 9.91. The number of hydrogen-bond acceptors (Lipinski definition) is 4. The Kier molecular flexibility index (Phi) is 6.67. The molecule has 1 aromatic heterocycles. The van der Waals surface area contributed by atoms with Crippen LogP contribution in [0.15, 0.2) is 63.5 Å². The van der Waals surface area contributed by atoms with Crippen molar-refractivity contribution in [2.75, 3.05) is 26.2 Å². The minimum Gasteiger partial charge on any atom is -0.486 e. The molecule has 1 aliphatic rings. The Bertz CT molecular complexity index is 1050. The van der Waals surface area contributed by atoms with Crippen molar-refractivity contribution in [1.29, 1.82) is 0 Å². The van der Waals surface area contributed by atoms with Crippen LogP contribution in [0.25, 0.3) is 0 Å². The molecule has 0 atom stereocenters. The van der Waals surface area contributed by atoms with E-state index in [0.29, 0.717) is 49.8 Å². The molecule has 5 nitrogen and oxygen atoms in total. The first kappa shape index (κ1) is 21.5. The summed E-state index contributed by atoms with van der Waals surface area (Å²) in [5, 5.41) is 0. The summed E-state index contributed by atoms with van der Waals surface area (Å²) in [6, 6.07) is 15.0. The SMILES string of the molecule is O=C(c1ccc(COc2ccc(Br)cc2)o1)N1CCN(Cc2cccc(F)c2F)CC1. The van der Waals surface area contributed by atoms with Crippen LogP contribution in [-0.2, 0) is 13.2 Å². The van der Waals surface area contributed by atoms with Crippen molar-refractivity contribution in [2.45, 2.75) is 13.2 Å². The van der Waals surface area contributed by atoms with Gasteiger partial charge in [-0.15, -0.1) is 0 Å². The van der Waals surface area contributed by atoms with Gasteiger partial charge in [0.15, 0.2) is 17.4 Å². The van der Waals surface area contributed by atoms with E-state index in [2.05, 4.69) is 15.9 Å². The topological polar surface area (TPSA) is 45.9 Å². The minimum atomic E-state index is -0.843. The van der Waals surface area contributed by atoms with Crippen LogP contribution in [0.1, 0.15) is 21.9 Å². The van der Waals surface area contributed by atoms with Gasteiger partial charge in [0.1, 0.15) is 18.1 Å². The molecule has 2 heterocycles. The van der Waals surface area contributed by atoms with Gasteiger partial charge in [-0.3, -0.25) is 9.69 Å². The molecule has 2 aromatic carbocycles. The molecule has 0 aliphatic carbocycles. The van der Waals surface area contributed by atoms with Crippen LogP contribution in [0, 0.1) is 11.6 Å². The molecule has 1 amide bonds. The lowest BCUT2D eigenvalue weighted by molar-refractivity contribution is 0.0592. The molecule has 0 bridgehead atoms. The van der Waals surface area contributed by atoms with Crippen molar-refractivity contribution in [1.82, 2.24) is 9.80 Å². The molecule has 162 valence electrons. The molecule has 0 spiro atoms. The number of ether oxygens (including phenoxy) is 1. The molecule has 1 aliphatic heterocycles. The molecule has 0 N–H and O–H groups in total. The van der Waals surface area contributed by atoms with Crippen LogP contribution in [0.3, 0.4) is 0 Å². The minimum absolute atomic E-state index is 0.188. The van der Waals surface area contributed by atoms with E-state index < -0.39 is 11.6 Å². The summed E-state index contributed by atoms with van der Waals surface area (Å²) in [6.07, 6.45) is 0. The highest BCUT2D eigenvalue weighted by molar-refractivity contribution is 9.10. The Hall–Kier alpha value is -2.71. The van der Waals surface area contributed by atoms with Gasteiger partial charge < -0.3 is 14.1 Å². The smallest absolute Gasteiger partial charge is 0.289 e. The molecule has 31 heavy (non-hydrogen) atoms. The van der Waals surface area contributed by atoms with Crippen LogP contribution < -0.4 is 4.74 Å². The highest BCUT2D eigenvalue weighted by Gasteiger charge is 2.25. The first-order chi connectivity index (χ1) is 15.0. The van der Waals surface area contributed by atoms with E-state index in [-0.39, 0.29) is 18.3 Å². The second-order valence-corrected chi connectivity index (χ2v) is 8.21. The number of furan rings is 1. The average molecular weight is 491 g/mol. The largest absolute Gasteiger partial charge is 0.486 e. The van der Waals surface area contributed by atoms with Gasteiger partial charge in [0.05, 0.1) is 0 Å². The standard InChI is InChI=1S/C23H21BrF2N2O3/c24-17-4-6-18(7-5-17)30-15-19-8-9-21(31-19)23(29)28-12-10-27(11-13-28)14-16-2-1-3-20(25)22(16)26/h1-9H,10-15H2. The van der Waals surface area contributed by atoms with Gasteiger partial charge >= 0.3 is 0 Å². The van der Waals surface area contributed by atoms with Gasteiger partial charge in [-0.1, -0.05) is 28.1 Å². The predicted molar refractivity (Wildman–Crippen MR) is 115 cm³/mol. The van der Waals surface area contributed by atoms with Crippen molar-refractivity contribution in [3.8, 4) is 5.75 Å². The van der Waals surface area contributed by atoms with Gasteiger partial charge in [-0.2, -0.15) is 0 Å². The van der Waals surface area contributed by atoms with Gasteiger partial charge in [0.25, 0.3) is 5.91 Å². The fraction of sp³-hybridized carbons (Fsp3) is 0.261.